The van der Waals surface area contributed by atoms with Crippen molar-refractivity contribution in [1.29, 1.82) is 0 Å². The largest absolute Gasteiger partial charge is 0.295 e. The van der Waals surface area contributed by atoms with E-state index in [1.54, 1.807) is 0 Å². The van der Waals surface area contributed by atoms with Gasteiger partial charge < -0.3 is 0 Å². The minimum atomic E-state index is 0.297. The van der Waals surface area contributed by atoms with Crippen LogP contribution < -0.4 is 0 Å². The number of allylic oxidation sites excluding steroid dienone is 4. The fourth-order valence-electron chi connectivity index (χ4n) is 4.42. The van der Waals surface area contributed by atoms with Gasteiger partial charge in [0.1, 0.15) is 0 Å². The third-order valence-electron chi connectivity index (χ3n) is 5.93. The van der Waals surface area contributed by atoms with E-state index in [9.17, 15) is 4.79 Å². The number of ketones is 1. The number of fused-ring (bicyclic) bond motifs is 1. The van der Waals surface area contributed by atoms with Crippen LogP contribution in [0.25, 0.3) is 0 Å². The molecule has 0 bridgehead atoms. The van der Waals surface area contributed by atoms with Crippen molar-refractivity contribution < 1.29 is 4.79 Å². The summed E-state index contributed by atoms with van der Waals surface area (Å²) in [6.07, 6.45) is 16.8. The van der Waals surface area contributed by atoms with Crippen LogP contribution in [0, 0.1) is 23.2 Å². The van der Waals surface area contributed by atoms with Gasteiger partial charge in [-0.1, -0.05) is 38.8 Å². The van der Waals surface area contributed by atoms with Gasteiger partial charge in [-0.25, -0.2) is 0 Å². The number of carbonyl (C=O) groups is 1. The Kier molecular flexibility index (Phi) is 3.88. The lowest BCUT2D eigenvalue weighted by Crippen LogP contribution is -2.31. The van der Waals surface area contributed by atoms with E-state index in [2.05, 4.69) is 26.0 Å². The van der Waals surface area contributed by atoms with Crippen LogP contribution >= 0.6 is 0 Å². The first-order valence-corrected chi connectivity index (χ1v) is 8.52. The number of hydrogen-bond donors (Lipinski definition) is 0. The van der Waals surface area contributed by atoms with E-state index < -0.39 is 0 Å². The molecule has 0 aromatic heterocycles. The Morgan fingerprint density at radius 3 is 2.40 bits per heavy atom. The molecule has 0 N–H and O–H groups in total. The number of carbonyl (C=O) groups excluding carboxylic acids is 1. The molecule has 1 nitrogen and oxygen atoms in total. The molecule has 0 aliphatic heterocycles. The molecule has 0 amide bonds. The smallest absolute Gasteiger partial charge is 0.159 e. The normalized spacial score (nSPS) is 43.6. The molecular formula is C19H28O. The molecule has 3 aliphatic carbocycles. The second kappa shape index (κ2) is 5.50. The van der Waals surface area contributed by atoms with Crippen molar-refractivity contribution in [3.63, 3.8) is 0 Å². The minimum absolute atomic E-state index is 0.297. The van der Waals surface area contributed by atoms with Gasteiger partial charge >= 0.3 is 0 Å². The zero-order valence-corrected chi connectivity index (χ0v) is 13.0. The number of rotatable bonds is 1. The zero-order valence-electron chi connectivity index (χ0n) is 13.0. The van der Waals surface area contributed by atoms with Gasteiger partial charge in [0.05, 0.1) is 0 Å². The molecular weight excluding hydrogens is 244 g/mol. The highest BCUT2D eigenvalue weighted by molar-refractivity contribution is 5.94. The first-order chi connectivity index (χ1) is 9.57. The van der Waals surface area contributed by atoms with Gasteiger partial charge in [-0.2, -0.15) is 0 Å². The number of hydrogen-bond acceptors (Lipinski definition) is 1. The Hall–Kier alpha value is -0.850. The van der Waals surface area contributed by atoms with Crippen molar-refractivity contribution in [3.05, 3.63) is 23.8 Å². The van der Waals surface area contributed by atoms with E-state index in [1.165, 1.54) is 50.5 Å². The molecule has 2 fully saturated rings. The molecule has 110 valence electrons. The molecule has 0 aromatic carbocycles. The maximum Gasteiger partial charge on any atom is 0.159 e. The van der Waals surface area contributed by atoms with Crippen LogP contribution in [0.4, 0.5) is 0 Å². The van der Waals surface area contributed by atoms with Crippen molar-refractivity contribution >= 4 is 5.78 Å². The Bertz CT molecular complexity index is 435. The SMILES string of the molecule is CC1CCC(C)(/C=C2/C=CC(=O)C3CCCCC23)CC1. The summed E-state index contributed by atoms with van der Waals surface area (Å²) in [5.74, 6) is 2.10. The summed E-state index contributed by atoms with van der Waals surface area (Å²) in [5.41, 5.74) is 1.85. The van der Waals surface area contributed by atoms with Gasteiger partial charge in [0.25, 0.3) is 0 Å². The molecule has 2 saturated carbocycles. The Balaban J connectivity index is 1.83. The van der Waals surface area contributed by atoms with Crippen LogP contribution in [-0.4, -0.2) is 5.78 Å². The lowest BCUT2D eigenvalue weighted by Gasteiger charge is -2.38. The summed E-state index contributed by atoms with van der Waals surface area (Å²) >= 11 is 0. The van der Waals surface area contributed by atoms with Crippen molar-refractivity contribution in [2.75, 3.05) is 0 Å². The molecule has 0 saturated heterocycles. The fourth-order valence-corrected chi connectivity index (χ4v) is 4.42. The van der Waals surface area contributed by atoms with Gasteiger partial charge in [0, 0.05) is 5.92 Å². The third kappa shape index (κ3) is 2.77. The highest BCUT2D eigenvalue weighted by atomic mass is 16.1. The van der Waals surface area contributed by atoms with E-state index in [1.807, 2.05) is 6.08 Å². The maximum atomic E-state index is 12.1. The van der Waals surface area contributed by atoms with Gasteiger partial charge in [-0.05, 0) is 67.4 Å². The maximum absolute atomic E-state index is 12.1. The van der Waals surface area contributed by atoms with Crippen LogP contribution in [0.2, 0.25) is 0 Å². The molecule has 2 atom stereocenters. The average molecular weight is 272 g/mol. The predicted octanol–water partition coefficient (Wildman–Crippen LogP) is 5.07. The van der Waals surface area contributed by atoms with Gasteiger partial charge in [0.2, 0.25) is 0 Å². The second-order valence-electron chi connectivity index (χ2n) is 7.71. The summed E-state index contributed by atoms with van der Waals surface area (Å²) in [6.45, 7) is 4.80. The second-order valence-corrected chi connectivity index (χ2v) is 7.71. The van der Waals surface area contributed by atoms with Crippen LogP contribution in [0.3, 0.4) is 0 Å². The van der Waals surface area contributed by atoms with Crippen LogP contribution in [0.5, 0.6) is 0 Å². The van der Waals surface area contributed by atoms with Crippen molar-refractivity contribution in [2.24, 2.45) is 23.2 Å². The quantitative estimate of drug-likeness (QED) is 0.651. The Morgan fingerprint density at radius 1 is 1.05 bits per heavy atom. The van der Waals surface area contributed by atoms with Crippen LogP contribution in [0.15, 0.2) is 23.8 Å². The predicted molar refractivity (Wildman–Crippen MR) is 83.4 cm³/mol. The monoisotopic (exact) mass is 272 g/mol. The first kappa shape index (κ1) is 14.1. The van der Waals surface area contributed by atoms with Crippen LogP contribution in [0.1, 0.15) is 65.2 Å². The van der Waals surface area contributed by atoms with Gasteiger partial charge in [-0.15, -0.1) is 0 Å². The van der Waals surface area contributed by atoms with Gasteiger partial charge in [-0.3, -0.25) is 4.79 Å². The fraction of sp³-hybridized carbons (Fsp3) is 0.737. The van der Waals surface area contributed by atoms with Crippen molar-refractivity contribution in [3.8, 4) is 0 Å². The minimum Gasteiger partial charge on any atom is -0.295 e. The molecule has 0 aromatic rings. The summed E-state index contributed by atoms with van der Waals surface area (Å²) in [6, 6.07) is 0. The van der Waals surface area contributed by atoms with Crippen LogP contribution in [-0.2, 0) is 4.79 Å². The Labute approximate surface area is 123 Å². The summed E-state index contributed by atoms with van der Waals surface area (Å²) in [4.78, 5) is 12.1. The Morgan fingerprint density at radius 2 is 1.70 bits per heavy atom. The molecule has 0 radical (unpaired) electrons. The average Bonchev–Trinajstić information content (AvgIpc) is 2.46. The van der Waals surface area contributed by atoms with E-state index >= 15 is 0 Å². The summed E-state index contributed by atoms with van der Waals surface area (Å²) < 4.78 is 0. The third-order valence-corrected chi connectivity index (χ3v) is 5.93. The van der Waals surface area contributed by atoms with E-state index in [-0.39, 0.29) is 0 Å². The summed E-state index contributed by atoms with van der Waals surface area (Å²) in [5, 5.41) is 0. The highest BCUT2D eigenvalue weighted by Crippen LogP contribution is 2.45. The molecule has 3 rings (SSSR count). The standard InChI is InChI=1S/C19H28O/c1-14-9-11-19(2,12-10-14)13-15-7-8-18(20)17-6-4-3-5-16(15)17/h7-8,13-14,16-17H,3-6,9-12H2,1-2H3/b15-13-. The van der Waals surface area contributed by atoms with E-state index in [0.29, 0.717) is 23.0 Å². The lowest BCUT2D eigenvalue weighted by atomic mass is 9.66. The first-order valence-electron chi connectivity index (χ1n) is 8.52. The van der Waals surface area contributed by atoms with E-state index in [0.717, 1.165) is 12.3 Å². The highest BCUT2D eigenvalue weighted by Gasteiger charge is 2.36. The van der Waals surface area contributed by atoms with Gasteiger partial charge in [0.15, 0.2) is 5.78 Å². The van der Waals surface area contributed by atoms with Crippen molar-refractivity contribution in [1.82, 2.24) is 0 Å². The molecule has 3 aliphatic rings. The molecule has 1 heteroatoms. The topological polar surface area (TPSA) is 17.1 Å². The molecule has 2 unspecified atom stereocenters. The molecule has 0 heterocycles. The summed E-state index contributed by atoms with van der Waals surface area (Å²) in [7, 11) is 0. The van der Waals surface area contributed by atoms with E-state index in [4.69, 9.17) is 0 Å². The molecule has 0 spiro atoms. The lowest BCUT2D eigenvalue weighted by molar-refractivity contribution is -0.120. The van der Waals surface area contributed by atoms with Crippen molar-refractivity contribution in [2.45, 2.75) is 65.2 Å². The zero-order chi connectivity index (χ0) is 14.2. The molecule has 20 heavy (non-hydrogen) atoms.